The molecule has 0 N–H and O–H groups in total. The second-order valence-electron chi connectivity index (χ2n) is 4.09. The van der Waals surface area contributed by atoms with Crippen LogP contribution < -0.4 is 9.96 Å². The van der Waals surface area contributed by atoms with Crippen LogP contribution in [0.3, 0.4) is 0 Å². The topological polar surface area (TPSA) is 41.5 Å². The number of anilines is 2. The number of hydrogen-bond acceptors (Lipinski definition) is 5. The maximum Gasteiger partial charge on any atom is 0.433 e. The van der Waals surface area contributed by atoms with E-state index >= 15 is 0 Å². The van der Waals surface area contributed by atoms with Crippen molar-refractivity contribution in [2.45, 2.75) is 12.6 Å². The van der Waals surface area contributed by atoms with Gasteiger partial charge in [-0.1, -0.05) is 0 Å². The van der Waals surface area contributed by atoms with Crippen LogP contribution in [0, 0.1) is 0 Å². The minimum absolute atomic E-state index is 0.0500. The van der Waals surface area contributed by atoms with Crippen LogP contribution in [0.15, 0.2) is 6.07 Å². The molecule has 100 valence electrons. The lowest BCUT2D eigenvalue weighted by atomic mass is 10.3. The van der Waals surface area contributed by atoms with Crippen molar-refractivity contribution in [2.24, 2.45) is 0 Å². The third kappa shape index (κ3) is 2.63. The first-order chi connectivity index (χ1) is 8.38. The lowest BCUT2D eigenvalue weighted by Crippen LogP contribution is -2.23. The Kier molecular flexibility index (Phi) is 3.29. The average molecular weight is 262 g/mol. The van der Waals surface area contributed by atoms with Crippen molar-refractivity contribution in [3.8, 4) is 0 Å². The Morgan fingerprint density at radius 1 is 1.33 bits per heavy atom. The van der Waals surface area contributed by atoms with Gasteiger partial charge in [0.1, 0.15) is 5.82 Å². The molecule has 2 heterocycles. The van der Waals surface area contributed by atoms with Crippen molar-refractivity contribution in [2.75, 3.05) is 37.2 Å². The molecule has 1 saturated heterocycles. The molecule has 1 fully saturated rings. The summed E-state index contributed by atoms with van der Waals surface area (Å²) < 4.78 is 38.2. The number of aromatic nitrogens is 2. The Morgan fingerprint density at radius 3 is 2.56 bits per heavy atom. The van der Waals surface area contributed by atoms with Crippen LogP contribution in [0.1, 0.15) is 12.1 Å². The molecule has 2 rings (SSSR count). The molecule has 1 aromatic rings. The van der Waals surface area contributed by atoms with E-state index in [4.69, 9.17) is 4.84 Å². The van der Waals surface area contributed by atoms with E-state index < -0.39 is 11.9 Å². The summed E-state index contributed by atoms with van der Waals surface area (Å²) in [5.74, 6) is 0.147. The molecule has 0 amide bonds. The Labute approximate surface area is 102 Å². The van der Waals surface area contributed by atoms with Gasteiger partial charge in [-0.15, -0.1) is 0 Å². The molecule has 1 aliphatic heterocycles. The van der Waals surface area contributed by atoms with E-state index in [9.17, 15) is 13.2 Å². The highest BCUT2D eigenvalue weighted by Gasteiger charge is 2.34. The zero-order valence-electron chi connectivity index (χ0n) is 10.0. The summed E-state index contributed by atoms with van der Waals surface area (Å²) in [6.07, 6.45) is -3.75. The van der Waals surface area contributed by atoms with Gasteiger partial charge < -0.3 is 4.90 Å². The number of rotatable bonds is 2. The molecule has 18 heavy (non-hydrogen) atoms. The molecule has 0 aromatic carbocycles. The van der Waals surface area contributed by atoms with Crippen LogP contribution in [0.2, 0.25) is 0 Å². The number of nitrogens with zero attached hydrogens (tertiary/aromatic N) is 4. The molecule has 0 bridgehead atoms. The van der Waals surface area contributed by atoms with Gasteiger partial charge in [-0.05, 0) is 6.42 Å². The van der Waals surface area contributed by atoms with E-state index in [1.54, 1.807) is 14.1 Å². The number of hydroxylamine groups is 1. The van der Waals surface area contributed by atoms with Gasteiger partial charge in [0.15, 0.2) is 5.69 Å². The summed E-state index contributed by atoms with van der Waals surface area (Å²) in [6.45, 7) is 0.963. The van der Waals surface area contributed by atoms with E-state index in [-0.39, 0.29) is 11.8 Å². The molecular formula is C10H13F3N4O. The monoisotopic (exact) mass is 262 g/mol. The van der Waals surface area contributed by atoms with E-state index in [1.807, 2.05) is 0 Å². The van der Waals surface area contributed by atoms with Crippen molar-refractivity contribution in [1.29, 1.82) is 0 Å². The Hall–Kier alpha value is -1.57. The van der Waals surface area contributed by atoms with Crippen LogP contribution >= 0.6 is 0 Å². The SMILES string of the molecule is CN(C)c1cc(C(F)(F)F)nc(N2CCCO2)n1. The molecule has 0 atom stereocenters. The molecule has 0 saturated carbocycles. The predicted molar refractivity (Wildman–Crippen MR) is 59.3 cm³/mol. The molecule has 0 radical (unpaired) electrons. The van der Waals surface area contributed by atoms with Crippen molar-refractivity contribution in [3.05, 3.63) is 11.8 Å². The van der Waals surface area contributed by atoms with Gasteiger partial charge in [0.2, 0.25) is 0 Å². The summed E-state index contributed by atoms with van der Waals surface area (Å²) in [7, 11) is 3.24. The molecule has 8 heteroatoms. The second kappa shape index (κ2) is 4.60. The first-order valence-electron chi connectivity index (χ1n) is 5.42. The molecular weight excluding hydrogens is 249 g/mol. The molecule has 0 unspecified atom stereocenters. The van der Waals surface area contributed by atoms with Crippen molar-refractivity contribution < 1.29 is 18.0 Å². The highest BCUT2D eigenvalue weighted by Crippen LogP contribution is 2.31. The fraction of sp³-hybridized carbons (Fsp3) is 0.600. The number of hydrogen-bond donors (Lipinski definition) is 0. The normalized spacial score (nSPS) is 16.2. The Bertz CT molecular complexity index is 430. The summed E-state index contributed by atoms with van der Waals surface area (Å²) >= 11 is 0. The zero-order valence-corrected chi connectivity index (χ0v) is 10.0. The van der Waals surface area contributed by atoms with Crippen LogP contribution in [-0.4, -0.2) is 37.2 Å². The standard InChI is InChI=1S/C10H13F3N4O/c1-16(2)8-6-7(10(11,12)13)14-9(15-8)17-4-3-5-18-17/h6H,3-5H2,1-2H3. The highest BCUT2D eigenvalue weighted by molar-refractivity contribution is 5.44. The van der Waals surface area contributed by atoms with E-state index in [1.165, 1.54) is 9.96 Å². The van der Waals surface area contributed by atoms with Gasteiger partial charge in [0.25, 0.3) is 5.95 Å². The smallest absolute Gasteiger partial charge is 0.363 e. The van der Waals surface area contributed by atoms with E-state index in [0.29, 0.717) is 13.2 Å². The van der Waals surface area contributed by atoms with Crippen LogP contribution in [-0.2, 0) is 11.0 Å². The lowest BCUT2D eigenvalue weighted by molar-refractivity contribution is -0.141. The number of alkyl halides is 3. The van der Waals surface area contributed by atoms with Crippen LogP contribution in [0.4, 0.5) is 24.9 Å². The fourth-order valence-corrected chi connectivity index (χ4v) is 1.51. The Morgan fingerprint density at radius 2 is 2.06 bits per heavy atom. The molecule has 5 nitrogen and oxygen atoms in total. The summed E-state index contributed by atoms with van der Waals surface area (Å²) in [5, 5.41) is 1.29. The van der Waals surface area contributed by atoms with Crippen molar-refractivity contribution in [1.82, 2.24) is 9.97 Å². The quantitative estimate of drug-likeness (QED) is 0.811. The molecule has 1 aliphatic rings. The minimum Gasteiger partial charge on any atom is -0.363 e. The highest BCUT2D eigenvalue weighted by atomic mass is 19.4. The summed E-state index contributed by atoms with van der Waals surface area (Å²) in [4.78, 5) is 14.2. The summed E-state index contributed by atoms with van der Waals surface area (Å²) in [5.41, 5.74) is -0.966. The first kappa shape index (κ1) is 12.9. The predicted octanol–water partition coefficient (Wildman–Crippen LogP) is 1.70. The summed E-state index contributed by atoms with van der Waals surface area (Å²) in [6, 6.07) is 0.916. The lowest BCUT2D eigenvalue weighted by Gasteiger charge is -2.19. The second-order valence-corrected chi connectivity index (χ2v) is 4.09. The van der Waals surface area contributed by atoms with Crippen molar-refractivity contribution >= 4 is 11.8 Å². The molecule has 0 aliphatic carbocycles. The van der Waals surface area contributed by atoms with Gasteiger partial charge in [0, 0.05) is 20.2 Å². The minimum atomic E-state index is -4.50. The maximum absolute atomic E-state index is 12.7. The van der Waals surface area contributed by atoms with Crippen LogP contribution in [0.5, 0.6) is 0 Å². The molecule has 1 aromatic heterocycles. The Balaban J connectivity index is 2.42. The van der Waals surface area contributed by atoms with Crippen molar-refractivity contribution in [3.63, 3.8) is 0 Å². The van der Waals surface area contributed by atoms with Gasteiger partial charge in [0.05, 0.1) is 13.2 Å². The zero-order chi connectivity index (χ0) is 13.3. The van der Waals surface area contributed by atoms with Gasteiger partial charge in [-0.2, -0.15) is 18.2 Å². The third-order valence-electron chi connectivity index (χ3n) is 2.43. The van der Waals surface area contributed by atoms with Gasteiger partial charge in [-0.3, -0.25) is 4.84 Å². The van der Waals surface area contributed by atoms with Gasteiger partial charge in [-0.25, -0.2) is 10.0 Å². The largest absolute Gasteiger partial charge is 0.433 e. The van der Waals surface area contributed by atoms with Gasteiger partial charge >= 0.3 is 6.18 Å². The average Bonchev–Trinajstić information content (AvgIpc) is 2.80. The maximum atomic E-state index is 12.7. The van der Waals surface area contributed by atoms with E-state index in [2.05, 4.69) is 9.97 Å². The first-order valence-corrected chi connectivity index (χ1v) is 5.42. The van der Waals surface area contributed by atoms with E-state index in [0.717, 1.165) is 12.5 Å². The third-order valence-corrected chi connectivity index (χ3v) is 2.43. The fourth-order valence-electron chi connectivity index (χ4n) is 1.51. The number of halogens is 3. The molecule has 0 spiro atoms. The van der Waals surface area contributed by atoms with Crippen LogP contribution in [0.25, 0.3) is 0 Å².